The maximum atomic E-state index is 13.0. The van der Waals surface area contributed by atoms with Gasteiger partial charge in [-0.2, -0.15) is 8.42 Å². The van der Waals surface area contributed by atoms with Crippen LogP contribution in [0.25, 0.3) is 22.0 Å². The molecule has 154 valence electrons. The molecule has 0 aliphatic carbocycles. The summed E-state index contributed by atoms with van der Waals surface area (Å²) < 4.78 is 18.3. The first kappa shape index (κ1) is 22.2. The molecule has 0 fully saturated rings. The molecule has 0 aromatic carbocycles. The third-order valence-electron chi connectivity index (χ3n) is 3.88. The minimum atomic E-state index is -0.750. The minimum absolute atomic E-state index is 0.0382. The van der Waals surface area contributed by atoms with E-state index >= 15 is 0 Å². The fourth-order valence-corrected chi connectivity index (χ4v) is 2.78. The quantitative estimate of drug-likeness (QED) is 0.662. The van der Waals surface area contributed by atoms with E-state index in [1.54, 1.807) is 17.0 Å². The standard InChI is InChI=1S/C19H24N6O.O2S/c1-5-7-25-8-6-12-9-14(13-10-21-18(20)22-11-13)23-16(15(12)17(25)26)24-19(2,3)4;1-3-2/h6,8-11H,5,7H2,1-4H3,(H,23,24)(H2,20,21,22);. The molecular weight excluding hydrogens is 392 g/mol. The van der Waals surface area contributed by atoms with Crippen LogP contribution in [-0.2, 0) is 18.1 Å². The van der Waals surface area contributed by atoms with Crippen LogP contribution in [0.3, 0.4) is 0 Å². The van der Waals surface area contributed by atoms with Crippen molar-refractivity contribution in [2.24, 2.45) is 0 Å². The highest BCUT2D eigenvalue weighted by Crippen LogP contribution is 2.27. The van der Waals surface area contributed by atoms with Gasteiger partial charge in [0.2, 0.25) is 5.95 Å². The van der Waals surface area contributed by atoms with Crippen molar-refractivity contribution < 1.29 is 8.42 Å². The molecule has 0 aliphatic heterocycles. The molecule has 0 amide bonds. The van der Waals surface area contributed by atoms with Gasteiger partial charge in [-0.25, -0.2) is 15.0 Å². The first-order valence-corrected chi connectivity index (χ1v) is 9.69. The van der Waals surface area contributed by atoms with Gasteiger partial charge >= 0.3 is 11.6 Å². The molecule has 0 spiro atoms. The van der Waals surface area contributed by atoms with Crippen LogP contribution in [0.2, 0.25) is 0 Å². The Hall–Kier alpha value is -3.14. The Morgan fingerprint density at radius 2 is 1.83 bits per heavy atom. The second-order valence-corrected chi connectivity index (χ2v) is 7.54. The van der Waals surface area contributed by atoms with Crippen molar-refractivity contribution in [1.82, 2.24) is 19.5 Å². The van der Waals surface area contributed by atoms with Gasteiger partial charge in [-0.3, -0.25) is 4.79 Å². The normalized spacial score (nSPS) is 10.9. The fourth-order valence-electron chi connectivity index (χ4n) is 2.78. The topological polar surface area (TPSA) is 133 Å². The summed E-state index contributed by atoms with van der Waals surface area (Å²) in [6.45, 7) is 8.83. The molecule has 0 aliphatic rings. The Labute approximate surface area is 172 Å². The molecule has 3 rings (SSSR count). The smallest absolute Gasteiger partial charge is 0.335 e. The average Bonchev–Trinajstić information content (AvgIpc) is 2.64. The maximum absolute atomic E-state index is 13.0. The van der Waals surface area contributed by atoms with E-state index in [0.717, 1.165) is 17.4 Å². The van der Waals surface area contributed by atoms with Crippen LogP contribution in [0, 0.1) is 0 Å². The van der Waals surface area contributed by atoms with Crippen LogP contribution in [-0.4, -0.2) is 33.5 Å². The van der Waals surface area contributed by atoms with Crippen molar-refractivity contribution in [3.05, 3.63) is 41.1 Å². The molecule has 3 aromatic heterocycles. The second kappa shape index (κ2) is 9.37. The van der Waals surface area contributed by atoms with Crippen molar-refractivity contribution in [2.75, 3.05) is 11.1 Å². The Morgan fingerprint density at radius 1 is 1.21 bits per heavy atom. The number of hydrogen-bond donors (Lipinski definition) is 2. The first-order chi connectivity index (χ1) is 13.7. The lowest BCUT2D eigenvalue weighted by atomic mass is 10.1. The molecular formula is C19H24N6O3S. The van der Waals surface area contributed by atoms with Crippen LogP contribution >= 0.6 is 0 Å². The van der Waals surface area contributed by atoms with Gasteiger partial charge < -0.3 is 15.6 Å². The summed E-state index contributed by atoms with van der Waals surface area (Å²) in [6, 6.07) is 3.83. The number of nitrogens with two attached hydrogens (primary N) is 1. The summed E-state index contributed by atoms with van der Waals surface area (Å²) >= 11 is -0.750. The van der Waals surface area contributed by atoms with Gasteiger partial charge in [-0.05, 0) is 44.7 Å². The number of hydrogen-bond acceptors (Lipinski definition) is 8. The summed E-state index contributed by atoms with van der Waals surface area (Å²) in [5.41, 5.74) is 6.73. The van der Waals surface area contributed by atoms with E-state index in [1.165, 1.54) is 0 Å². The van der Waals surface area contributed by atoms with Crippen molar-refractivity contribution >= 4 is 34.1 Å². The lowest BCUT2D eigenvalue weighted by Crippen LogP contribution is -2.29. The van der Waals surface area contributed by atoms with Crippen molar-refractivity contribution in [3.8, 4) is 11.3 Å². The van der Waals surface area contributed by atoms with Crippen molar-refractivity contribution in [1.29, 1.82) is 0 Å². The molecule has 0 bridgehead atoms. The second-order valence-electron chi connectivity index (χ2n) is 7.41. The number of fused-ring (bicyclic) bond motifs is 1. The van der Waals surface area contributed by atoms with Gasteiger partial charge in [0.05, 0.1) is 11.1 Å². The molecule has 9 nitrogen and oxygen atoms in total. The SMILES string of the molecule is CCCn1ccc2cc(-c3cnc(N)nc3)nc(NC(C)(C)C)c2c1=O.O=S=O. The van der Waals surface area contributed by atoms with Gasteiger partial charge in [0.25, 0.3) is 5.56 Å². The molecule has 3 heterocycles. The number of nitrogen functional groups attached to an aromatic ring is 1. The van der Waals surface area contributed by atoms with Crippen LogP contribution in [0.15, 0.2) is 35.5 Å². The number of anilines is 2. The third-order valence-corrected chi connectivity index (χ3v) is 3.88. The molecule has 0 radical (unpaired) electrons. The number of aromatic nitrogens is 4. The van der Waals surface area contributed by atoms with Crippen LogP contribution in [0.4, 0.5) is 11.8 Å². The van der Waals surface area contributed by atoms with E-state index < -0.39 is 11.6 Å². The van der Waals surface area contributed by atoms with E-state index in [1.807, 2.05) is 46.0 Å². The highest BCUT2D eigenvalue weighted by atomic mass is 32.1. The van der Waals surface area contributed by atoms with Gasteiger partial charge in [0.15, 0.2) is 0 Å². The third kappa shape index (κ3) is 5.67. The van der Waals surface area contributed by atoms with Gasteiger partial charge in [0, 0.05) is 36.2 Å². The molecule has 10 heteroatoms. The van der Waals surface area contributed by atoms with Gasteiger partial charge in [-0.1, -0.05) is 6.92 Å². The zero-order chi connectivity index (χ0) is 21.6. The number of nitrogens with one attached hydrogen (secondary N) is 1. The highest BCUT2D eigenvalue weighted by molar-refractivity contribution is 7.51. The van der Waals surface area contributed by atoms with Crippen LogP contribution < -0.4 is 16.6 Å². The molecule has 0 saturated carbocycles. The van der Waals surface area contributed by atoms with E-state index in [0.29, 0.717) is 23.4 Å². The van der Waals surface area contributed by atoms with E-state index in [9.17, 15) is 4.79 Å². The molecule has 0 atom stereocenters. The molecule has 0 unspecified atom stereocenters. The Morgan fingerprint density at radius 3 is 2.38 bits per heavy atom. The lowest BCUT2D eigenvalue weighted by Gasteiger charge is -2.23. The summed E-state index contributed by atoms with van der Waals surface area (Å²) in [7, 11) is 0. The summed E-state index contributed by atoms with van der Waals surface area (Å²) in [5, 5.41) is 4.79. The maximum Gasteiger partial charge on any atom is 0.335 e. The number of pyridine rings is 2. The summed E-state index contributed by atoms with van der Waals surface area (Å²) in [6.07, 6.45) is 5.99. The minimum Gasteiger partial charge on any atom is -0.368 e. The number of rotatable bonds is 4. The highest BCUT2D eigenvalue weighted by Gasteiger charge is 2.17. The predicted molar refractivity (Wildman–Crippen MR) is 114 cm³/mol. The Bertz CT molecular complexity index is 1080. The Balaban J connectivity index is 0.000000941. The van der Waals surface area contributed by atoms with E-state index in [2.05, 4.69) is 15.3 Å². The molecule has 29 heavy (non-hydrogen) atoms. The largest absolute Gasteiger partial charge is 0.368 e. The van der Waals surface area contributed by atoms with E-state index in [-0.39, 0.29) is 17.0 Å². The van der Waals surface area contributed by atoms with E-state index in [4.69, 9.17) is 19.1 Å². The zero-order valence-electron chi connectivity index (χ0n) is 16.8. The number of nitrogens with zero attached hydrogens (tertiary/aromatic N) is 4. The lowest BCUT2D eigenvalue weighted by molar-refractivity contribution is 0.629. The summed E-state index contributed by atoms with van der Waals surface area (Å²) in [5.74, 6) is 0.780. The zero-order valence-corrected chi connectivity index (χ0v) is 17.6. The predicted octanol–water partition coefficient (Wildman–Crippen LogP) is 2.39. The number of aryl methyl sites for hydroxylation is 1. The van der Waals surface area contributed by atoms with Gasteiger partial charge in [-0.15, -0.1) is 0 Å². The van der Waals surface area contributed by atoms with Gasteiger partial charge in [0.1, 0.15) is 5.82 Å². The Kier molecular flexibility index (Phi) is 7.16. The molecule has 3 aromatic rings. The fraction of sp³-hybridized carbons (Fsp3) is 0.368. The first-order valence-electron chi connectivity index (χ1n) is 9.02. The van der Waals surface area contributed by atoms with Crippen LogP contribution in [0.5, 0.6) is 0 Å². The summed E-state index contributed by atoms with van der Waals surface area (Å²) in [4.78, 5) is 25.7. The monoisotopic (exact) mass is 416 g/mol. The molecule has 0 saturated heterocycles. The average molecular weight is 417 g/mol. The van der Waals surface area contributed by atoms with Crippen LogP contribution in [0.1, 0.15) is 34.1 Å². The van der Waals surface area contributed by atoms with Crippen molar-refractivity contribution in [3.63, 3.8) is 0 Å². The van der Waals surface area contributed by atoms with Crippen molar-refractivity contribution in [2.45, 2.75) is 46.2 Å². The molecule has 3 N–H and O–H groups in total.